The summed E-state index contributed by atoms with van der Waals surface area (Å²) in [6.45, 7) is 4.87. The van der Waals surface area contributed by atoms with Crippen LogP contribution >= 0.6 is 0 Å². The Bertz CT molecular complexity index is 156. The van der Waals surface area contributed by atoms with Gasteiger partial charge in [0.2, 0.25) is 5.91 Å². The van der Waals surface area contributed by atoms with Gasteiger partial charge >= 0.3 is 0 Å². The van der Waals surface area contributed by atoms with Crippen molar-refractivity contribution in [2.24, 2.45) is 17.7 Å². The second-order valence-electron chi connectivity index (χ2n) is 3.52. The monoisotopic (exact) mass is 156 g/mol. The number of nitrogens with zero attached hydrogens (tertiary/aromatic N) is 1. The van der Waals surface area contributed by atoms with Gasteiger partial charge in [0.25, 0.3) is 0 Å². The maximum atomic E-state index is 11.4. The molecule has 1 amide bonds. The van der Waals surface area contributed by atoms with Crippen LogP contribution in [0.5, 0.6) is 0 Å². The number of hydrogen-bond donors (Lipinski definition) is 1. The van der Waals surface area contributed by atoms with Gasteiger partial charge in [-0.2, -0.15) is 0 Å². The van der Waals surface area contributed by atoms with E-state index in [0.717, 1.165) is 19.4 Å². The lowest BCUT2D eigenvalue weighted by Gasteiger charge is -2.30. The zero-order valence-corrected chi connectivity index (χ0v) is 7.21. The van der Waals surface area contributed by atoms with Crippen molar-refractivity contribution in [2.45, 2.75) is 26.7 Å². The second kappa shape index (κ2) is 3.22. The highest BCUT2D eigenvalue weighted by molar-refractivity contribution is 5.79. The average Bonchev–Trinajstić information content (AvgIpc) is 1.94. The first-order valence-electron chi connectivity index (χ1n) is 4.19. The van der Waals surface area contributed by atoms with Gasteiger partial charge < -0.3 is 0 Å². The Morgan fingerprint density at radius 3 is 2.73 bits per heavy atom. The number of nitrogens with two attached hydrogens (primary N) is 1. The molecule has 0 bridgehead atoms. The van der Waals surface area contributed by atoms with Crippen molar-refractivity contribution in [1.82, 2.24) is 5.01 Å². The molecule has 0 aromatic carbocycles. The topological polar surface area (TPSA) is 46.3 Å². The van der Waals surface area contributed by atoms with Crippen LogP contribution in [-0.4, -0.2) is 17.5 Å². The molecule has 64 valence electrons. The van der Waals surface area contributed by atoms with E-state index in [1.165, 1.54) is 5.01 Å². The van der Waals surface area contributed by atoms with Crippen molar-refractivity contribution in [3.05, 3.63) is 0 Å². The van der Waals surface area contributed by atoms with Crippen LogP contribution in [0.4, 0.5) is 0 Å². The van der Waals surface area contributed by atoms with Gasteiger partial charge in [0.15, 0.2) is 0 Å². The van der Waals surface area contributed by atoms with Gasteiger partial charge in [0, 0.05) is 12.5 Å². The molecule has 1 rings (SSSR count). The SMILES string of the molecule is CC(C)C1CCCN(N)C1=O. The van der Waals surface area contributed by atoms with Crippen LogP contribution in [0.1, 0.15) is 26.7 Å². The fraction of sp³-hybridized carbons (Fsp3) is 0.875. The van der Waals surface area contributed by atoms with Crippen molar-refractivity contribution in [3.63, 3.8) is 0 Å². The standard InChI is InChI=1S/C8H16N2O/c1-6(2)7-4-3-5-10(9)8(7)11/h6-7H,3-5,9H2,1-2H3. The Balaban J connectivity index is 2.58. The predicted molar refractivity (Wildman–Crippen MR) is 43.5 cm³/mol. The maximum absolute atomic E-state index is 11.4. The fourth-order valence-electron chi connectivity index (χ4n) is 1.55. The maximum Gasteiger partial charge on any atom is 0.239 e. The molecule has 0 aromatic rings. The van der Waals surface area contributed by atoms with Crippen molar-refractivity contribution < 1.29 is 4.79 Å². The summed E-state index contributed by atoms with van der Waals surface area (Å²) < 4.78 is 0. The van der Waals surface area contributed by atoms with Gasteiger partial charge in [-0.05, 0) is 18.8 Å². The van der Waals surface area contributed by atoms with E-state index in [0.29, 0.717) is 5.92 Å². The fourth-order valence-corrected chi connectivity index (χ4v) is 1.55. The Hall–Kier alpha value is -0.570. The third-order valence-electron chi connectivity index (χ3n) is 2.32. The summed E-state index contributed by atoms with van der Waals surface area (Å²) in [4.78, 5) is 11.4. The minimum atomic E-state index is 0.117. The minimum Gasteiger partial charge on any atom is -0.280 e. The number of piperidine rings is 1. The molecule has 1 aliphatic rings. The van der Waals surface area contributed by atoms with Gasteiger partial charge in [-0.3, -0.25) is 9.80 Å². The van der Waals surface area contributed by atoms with E-state index in [9.17, 15) is 4.79 Å². The van der Waals surface area contributed by atoms with E-state index in [4.69, 9.17) is 5.84 Å². The van der Waals surface area contributed by atoms with Crippen LogP contribution in [0.25, 0.3) is 0 Å². The van der Waals surface area contributed by atoms with E-state index in [2.05, 4.69) is 13.8 Å². The highest BCUT2D eigenvalue weighted by Gasteiger charge is 2.28. The van der Waals surface area contributed by atoms with E-state index >= 15 is 0 Å². The molecule has 1 atom stereocenters. The Morgan fingerprint density at radius 1 is 1.64 bits per heavy atom. The first-order chi connectivity index (χ1) is 5.13. The molecule has 3 heteroatoms. The normalized spacial score (nSPS) is 26.4. The van der Waals surface area contributed by atoms with Crippen LogP contribution in [0, 0.1) is 11.8 Å². The van der Waals surface area contributed by atoms with Crippen molar-refractivity contribution in [1.29, 1.82) is 0 Å². The molecule has 1 heterocycles. The Morgan fingerprint density at radius 2 is 2.27 bits per heavy atom. The van der Waals surface area contributed by atoms with Gasteiger partial charge in [0.1, 0.15) is 0 Å². The van der Waals surface area contributed by atoms with Gasteiger partial charge in [-0.15, -0.1) is 0 Å². The number of carbonyl (C=O) groups is 1. The number of hydrazine groups is 1. The molecule has 0 radical (unpaired) electrons. The third-order valence-corrected chi connectivity index (χ3v) is 2.32. The smallest absolute Gasteiger partial charge is 0.239 e. The molecule has 0 aliphatic carbocycles. The molecular weight excluding hydrogens is 140 g/mol. The van der Waals surface area contributed by atoms with Crippen molar-refractivity contribution in [3.8, 4) is 0 Å². The van der Waals surface area contributed by atoms with Crippen LogP contribution in [0.15, 0.2) is 0 Å². The van der Waals surface area contributed by atoms with E-state index in [-0.39, 0.29) is 11.8 Å². The van der Waals surface area contributed by atoms with Crippen LogP contribution < -0.4 is 5.84 Å². The van der Waals surface area contributed by atoms with Gasteiger partial charge in [-0.1, -0.05) is 13.8 Å². The summed E-state index contributed by atoms with van der Waals surface area (Å²) in [7, 11) is 0. The highest BCUT2D eigenvalue weighted by Crippen LogP contribution is 2.22. The number of amides is 1. The number of carbonyl (C=O) groups excluding carboxylic acids is 1. The average molecular weight is 156 g/mol. The van der Waals surface area contributed by atoms with Crippen LogP contribution in [0.2, 0.25) is 0 Å². The van der Waals surface area contributed by atoms with Crippen molar-refractivity contribution >= 4 is 5.91 Å². The van der Waals surface area contributed by atoms with Crippen LogP contribution in [-0.2, 0) is 4.79 Å². The summed E-state index contributed by atoms with van der Waals surface area (Å²) >= 11 is 0. The molecule has 0 aromatic heterocycles. The van der Waals surface area contributed by atoms with Gasteiger partial charge in [-0.25, -0.2) is 5.84 Å². The van der Waals surface area contributed by atoms with E-state index < -0.39 is 0 Å². The first-order valence-corrected chi connectivity index (χ1v) is 4.19. The molecule has 0 spiro atoms. The lowest BCUT2D eigenvalue weighted by Crippen LogP contribution is -2.47. The third kappa shape index (κ3) is 1.71. The zero-order chi connectivity index (χ0) is 8.43. The highest BCUT2D eigenvalue weighted by atomic mass is 16.2. The van der Waals surface area contributed by atoms with Gasteiger partial charge in [0.05, 0.1) is 0 Å². The molecule has 1 saturated heterocycles. The molecule has 1 unspecified atom stereocenters. The van der Waals surface area contributed by atoms with E-state index in [1.807, 2.05) is 0 Å². The van der Waals surface area contributed by atoms with Crippen molar-refractivity contribution in [2.75, 3.05) is 6.54 Å². The second-order valence-corrected chi connectivity index (χ2v) is 3.52. The number of rotatable bonds is 1. The molecule has 2 N–H and O–H groups in total. The van der Waals surface area contributed by atoms with Crippen LogP contribution in [0.3, 0.4) is 0 Å². The number of hydrogen-bond acceptors (Lipinski definition) is 2. The summed E-state index contributed by atoms with van der Waals surface area (Å²) in [5.41, 5.74) is 0. The lowest BCUT2D eigenvalue weighted by atomic mass is 9.88. The Kier molecular flexibility index (Phi) is 2.49. The minimum absolute atomic E-state index is 0.117. The first kappa shape index (κ1) is 8.53. The molecule has 0 saturated carbocycles. The largest absolute Gasteiger partial charge is 0.280 e. The Labute approximate surface area is 67.5 Å². The summed E-state index contributed by atoms with van der Waals surface area (Å²) in [6, 6.07) is 0. The summed E-state index contributed by atoms with van der Waals surface area (Å²) in [6.07, 6.45) is 2.05. The van der Waals surface area contributed by atoms with E-state index in [1.54, 1.807) is 0 Å². The summed E-state index contributed by atoms with van der Waals surface area (Å²) in [5, 5.41) is 1.36. The molecule has 1 aliphatic heterocycles. The summed E-state index contributed by atoms with van der Waals surface area (Å²) in [5.74, 6) is 6.19. The zero-order valence-electron chi connectivity index (χ0n) is 7.21. The molecule has 3 nitrogen and oxygen atoms in total. The quantitative estimate of drug-likeness (QED) is 0.450. The lowest BCUT2D eigenvalue weighted by molar-refractivity contribution is -0.140. The molecule has 11 heavy (non-hydrogen) atoms. The predicted octanol–water partition coefficient (Wildman–Crippen LogP) is 0.755. The molecular formula is C8H16N2O. The molecule has 1 fully saturated rings.